The summed E-state index contributed by atoms with van der Waals surface area (Å²) in [5, 5.41) is 3.06. The number of nitrogens with one attached hydrogen (secondary N) is 1. The molecule has 27 heavy (non-hydrogen) atoms. The second kappa shape index (κ2) is 10.2. The lowest BCUT2D eigenvalue weighted by Crippen LogP contribution is -2.49. The van der Waals surface area contributed by atoms with E-state index in [0.29, 0.717) is 6.54 Å². The van der Waals surface area contributed by atoms with Crippen molar-refractivity contribution in [2.75, 3.05) is 39.3 Å². The molecule has 2 aromatic carbocycles. The highest BCUT2D eigenvalue weighted by Gasteiger charge is 2.18. The molecule has 0 aliphatic carbocycles. The van der Waals surface area contributed by atoms with Gasteiger partial charge >= 0.3 is 0 Å². The van der Waals surface area contributed by atoms with Crippen LogP contribution >= 0.6 is 0 Å². The molecule has 0 unspecified atom stereocenters. The van der Waals surface area contributed by atoms with Gasteiger partial charge in [-0.05, 0) is 30.9 Å². The van der Waals surface area contributed by atoms with Crippen molar-refractivity contribution >= 4 is 5.91 Å². The fourth-order valence-corrected chi connectivity index (χ4v) is 3.60. The van der Waals surface area contributed by atoms with E-state index in [2.05, 4.69) is 70.6 Å². The smallest absolute Gasteiger partial charge is 0.234 e. The Morgan fingerprint density at radius 3 is 2.37 bits per heavy atom. The highest BCUT2D eigenvalue weighted by Crippen LogP contribution is 2.10. The lowest BCUT2D eigenvalue weighted by molar-refractivity contribution is -0.122. The van der Waals surface area contributed by atoms with Crippen LogP contribution in [0.4, 0.5) is 0 Å². The molecule has 3 rings (SSSR count). The molecular formula is C23H31N3O. The average Bonchev–Trinajstić information content (AvgIpc) is 2.68. The van der Waals surface area contributed by atoms with Crippen molar-refractivity contribution in [3.05, 3.63) is 71.3 Å². The number of carbonyl (C=O) groups is 1. The van der Waals surface area contributed by atoms with Gasteiger partial charge in [-0.25, -0.2) is 0 Å². The molecule has 0 bridgehead atoms. The van der Waals surface area contributed by atoms with Crippen molar-refractivity contribution in [3.8, 4) is 0 Å². The molecule has 1 saturated heterocycles. The van der Waals surface area contributed by atoms with Crippen LogP contribution in [0, 0.1) is 6.92 Å². The molecule has 1 aliphatic rings. The lowest BCUT2D eigenvalue weighted by atomic mass is 10.1. The van der Waals surface area contributed by atoms with Crippen LogP contribution in [0.25, 0.3) is 0 Å². The number of rotatable bonds is 8. The summed E-state index contributed by atoms with van der Waals surface area (Å²) in [5.41, 5.74) is 4.02. The van der Waals surface area contributed by atoms with Crippen LogP contribution in [0.15, 0.2) is 54.6 Å². The number of amides is 1. The summed E-state index contributed by atoms with van der Waals surface area (Å²) in [4.78, 5) is 16.9. The summed E-state index contributed by atoms with van der Waals surface area (Å²) >= 11 is 0. The van der Waals surface area contributed by atoms with Crippen LogP contribution in [0.5, 0.6) is 0 Å². The Balaban J connectivity index is 1.30. The Morgan fingerprint density at radius 1 is 0.926 bits per heavy atom. The Morgan fingerprint density at radius 2 is 1.63 bits per heavy atom. The van der Waals surface area contributed by atoms with E-state index < -0.39 is 0 Å². The van der Waals surface area contributed by atoms with E-state index >= 15 is 0 Å². The highest BCUT2D eigenvalue weighted by molar-refractivity contribution is 5.77. The first-order chi connectivity index (χ1) is 13.2. The van der Waals surface area contributed by atoms with Crippen LogP contribution in [0.3, 0.4) is 0 Å². The van der Waals surface area contributed by atoms with Gasteiger partial charge in [-0.3, -0.25) is 14.6 Å². The summed E-state index contributed by atoms with van der Waals surface area (Å²) in [6.07, 6.45) is 2.00. The van der Waals surface area contributed by atoms with Crippen molar-refractivity contribution in [1.82, 2.24) is 15.1 Å². The van der Waals surface area contributed by atoms with Gasteiger partial charge in [0.05, 0.1) is 6.54 Å². The van der Waals surface area contributed by atoms with Crippen LogP contribution < -0.4 is 5.32 Å². The first kappa shape index (κ1) is 19.6. The monoisotopic (exact) mass is 365 g/mol. The van der Waals surface area contributed by atoms with Gasteiger partial charge in [-0.15, -0.1) is 0 Å². The number of nitrogens with zero attached hydrogens (tertiary/aromatic N) is 2. The number of aryl methyl sites for hydroxylation is 2. The fraction of sp³-hybridized carbons (Fsp3) is 0.435. The van der Waals surface area contributed by atoms with Gasteiger partial charge in [0.15, 0.2) is 0 Å². The number of hydrogen-bond donors (Lipinski definition) is 1. The van der Waals surface area contributed by atoms with Gasteiger partial charge in [-0.1, -0.05) is 60.2 Å². The summed E-state index contributed by atoms with van der Waals surface area (Å²) in [6, 6.07) is 19.2. The van der Waals surface area contributed by atoms with Gasteiger partial charge in [-0.2, -0.15) is 0 Å². The standard InChI is InChI=1S/C23H31N3O/c1-20-7-5-10-22(17-20)18-25-13-15-26(16-14-25)19-23(27)24-12-6-11-21-8-3-2-4-9-21/h2-5,7-10,17H,6,11-16,18-19H2,1H3,(H,24,27). The Labute approximate surface area is 163 Å². The Kier molecular flexibility index (Phi) is 7.43. The molecule has 0 saturated carbocycles. The molecule has 2 aromatic rings. The number of piperazine rings is 1. The minimum Gasteiger partial charge on any atom is -0.355 e. The molecule has 1 aliphatic heterocycles. The fourth-order valence-electron chi connectivity index (χ4n) is 3.60. The van der Waals surface area contributed by atoms with Crippen LogP contribution in [0.1, 0.15) is 23.1 Å². The Bertz CT molecular complexity index is 709. The predicted molar refractivity (Wildman–Crippen MR) is 111 cm³/mol. The summed E-state index contributed by atoms with van der Waals surface area (Å²) in [5.74, 6) is 0.148. The third kappa shape index (κ3) is 6.81. The zero-order valence-electron chi connectivity index (χ0n) is 16.4. The summed E-state index contributed by atoms with van der Waals surface area (Å²) in [7, 11) is 0. The molecule has 144 valence electrons. The van der Waals surface area contributed by atoms with Gasteiger partial charge in [0, 0.05) is 39.3 Å². The molecule has 1 amide bonds. The number of benzene rings is 2. The van der Waals surface area contributed by atoms with E-state index in [-0.39, 0.29) is 5.91 Å². The van der Waals surface area contributed by atoms with Crippen molar-refractivity contribution in [2.24, 2.45) is 0 Å². The van der Waals surface area contributed by atoms with Crippen molar-refractivity contribution < 1.29 is 4.79 Å². The lowest BCUT2D eigenvalue weighted by Gasteiger charge is -2.34. The van der Waals surface area contributed by atoms with E-state index in [1.165, 1.54) is 16.7 Å². The van der Waals surface area contributed by atoms with Crippen LogP contribution in [-0.4, -0.2) is 55.0 Å². The molecule has 0 radical (unpaired) electrons. The third-order valence-electron chi connectivity index (χ3n) is 5.13. The first-order valence-electron chi connectivity index (χ1n) is 10.00. The van der Waals surface area contributed by atoms with Gasteiger partial charge in [0.25, 0.3) is 0 Å². The topological polar surface area (TPSA) is 35.6 Å². The molecule has 0 spiro atoms. The molecule has 0 aromatic heterocycles. The van der Waals surface area contributed by atoms with Crippen molar-refractivity contribution in [2.45, 2.75) is 26.3 Å². The van der Waals surface area contributed by atoms with E-state index in [1.807, 2.05) is 6.07 Å². The maximum Gasteiger partial charge on any atom is 0.234 e. The van der Waals surface area contributed by atoms with Crippen LogP contribution in [0.2, 0.25) is 0 Å². The average molecular weight is 366 g/mol. The molecule has 1 heterocycles. The van der Waals surface area contributed by atoms with Gasteiger partial charge in [0.2, 0.25) is 5.91 Å². The second-order valence-corrected chi connectivity index (χ2v) is 7.48. The van der Waals surface area contributed by atoms with Crippen molar-refractivity contribution in [1.29, 1.82) is 0 Å². The predicted octanol–water partition coefficient (Wildman–Crippen LogP) is 2.86. The molecular weight excluding hydrogens is 334 g/mol. The first-order valence-corrected chi connectivity index (χ1v) is 10.00. The molecule has 1 fully saturated rings. The highest BCUT2D eigenvalue weighted by atomic mass is 16.2. The molecule has 0 atom stereocenters. The largest absolute Gasteiger partial charge is 0.355 e. The van der Waals surface area contributed by atoms with E-state index in [9.17, 15) is 4.79 Å². The minimum atomic E-state index is 0.148. The summed E-state index contributed by atoms with van der Waals surface area (Å²) < 4.78 is 0. The SMILES string of the molecule is Cc1cccc(CN2CCN(CC(=O)NCCCc3ccccc3)CC2)c1. The zero-order valence-corrected chi connectivity index (χ0v) is 16.4. The van der Waals surface area contributed by atoms with Crippen LogP contribution in [-0.2, 0) is 17.8 Å². The molecule has 4 nitrogen and oxygen atoms in total. The third-order valence-corrected chi connectivity index (χ3v) is 5.13. The normalized spacial score (nSPS) is 15.6. The van der Waals surface area contributed by atoms with Crippen molar-refractivity contribution in [3.63, 3.8) is 0 Å². The van der Waals surface area contributed by atoms with E-state index in [1.54, 1.807) is 0 Å². The van der Waals surface area contributed by atoms with Gasteiger partial charge in [0.1, 0.15) is 0 Å². The number of carbonyl (C=O) groups excluding carboxylic acids is 1. The zero-order chi connectivity index (χ0) is 18.9. The molecule has 4 heteroatoms. The second-order valence-electron chi connectivity index (χ2n) is 7.48. The van der Waals surface area contributed by atoms with E-state index in [4.69, 9.17) is 0 Å². The van der Waals surface area contributed by atoms with E-state index in [0.717, 1.165) is 52.1 Å². The Hall–Kier alpha value is -2.17. The maximum absolute atomic E-state index is 12.2. The van der Waals surface area contributed by atoms with Gasteiger partial charge < -0.3 is 5.32 Å². The number of hydrogen-bond acceptors (Lipinski definition) is 3. The summed E-state index contributed by atoms with van der Waals surface area (Å²) in [6.45, 7) is 8.38. The minimum absolute atomic E-state index is 0.148. The molecule has 1 N–H and O–H groups in total. The quantitative estimate of drug-likeness (QED) is 0.731. The maximum atomic E-state index is 12.2.